The number of anilines is 1. The molecule has 1 aliphatic heterocycles. The molecule has 2 rings (SSSR count). The highest BCUT2D eigenvalue weighted by atomic mass is 127. The van der Waals surface area contributed by atoms with Gasteiger partial charge >= 0.3 is 0 Å². The minimum absolute atomic E-state index is 0.139. The number of rotatable bonds is 3. The number of benzene rings is 1. The highest BCUT2D eigenvalue weighted by molar-refractivity contribution is 14.1. The van der Waals surface area contributed by atoms with Crippen LogP contribution in [0, 0.1) is 13.7 Å². The van der Waals surface area contributed by atoms with Gasteiger partial charge in [-0.2, -0.15) is 0 Å². The van der Waals surface area contributed by atoms with Crippen molar-refractivity contribution in [3.05, 3.63) is 31.9 Å². The van der Waals surface area contributed by atoms with Gasteiger partial charge in [-0.25, -0.2) is 0 Å². The molecule has 6 heteroatoms. The summed E-state index contributed by atoms with van der Waals surface area (Å²) in [5.41, 5.74) is 1.11. The number of hydrogen-bond acceptors (Lipinski definition) is 4. The van der Waals surface area contributed by atoms with Gasteiger partial charge in [-0.3, -0.25) is 10.1 Å². The summed E-state index contributed by atoms with van der Waals surface area (Å²) in [7, 11) is 0. The molecule has 98 valence electrons. The third-order valence-corrected chi connectivity index (χ3v) is 4.16. The highest BCUT2D eigenvalue weighted by Gasteiger charge is 2.21. The lowest BCUT2D eigenvalue weighted by atomic mass is 9.99. The zero-order valence-electron chi connectivity index (χ0n) is 10.1. The molecule has 0 aliphatic carbocycles. The molecule has 1 fully saturated rings. The van der Waals surface area contributed by atoms with Gasteiger partial charge in [0.05, 0.1) is 4.92 Å². The maximum Gasteiger partial charge on any atom is 0.270 e. The molecule has 2 atom stereocenters. The van der Waals surface area contributed by atoms with Crippen LogP contribution in [0.1, 0.15) is 19.8 Å². The van der Waals surface area contributed by atoms with E-state index >= 15 is 0 Å². The van der Waals surface area contributed by atoms with Crippen molar-refractivity contribution in [2.24, 2.45) is 0 Å². The van der Waals surface area contributed by atoms with E-state index in [-0.39, 0.29) is 10.6 Å². The molecule has 1 aliphatic rings. The quantitative estimate of drug-likeness (QED) is 0.494. The molecule has 18 heavy (non-hydrogen) atoms. The molecular weight excluding hydrogens is 345 g/mol. The van der Waals surface area contributed by atoms with Crippen molar-refractivity contribution in [2.75, 3.05) is 11.9 Å². The summed E-state index contributed by atoms with van der Waals surface area (Å²) < 4.78 is 0.888. The van der Waals surface area contributed by atoms with Crippen molar-refractivity contribution in [1.29, 1.82) is 0 Å². The summed E-state index contributed by atoms with van der Waals surface area (Å²) in [6, 6.07) is 5.75. The van der Waals surface area contributed by atoms with Crippen molar-refractivity contribution in [3.63, 3.8) is 0 Å². The second-order valence-electron chi connectivity index (χ2n) is 4.56. The van der Waals surface area contributed by atoms with Gasteiger partial charge < -0.3 is 10.6 Å². The average molecular weight is 361 g/mol. The Bertz CT molecular complexity index is 453. The predicted octanol–water partition coefficient (Wildman–Crippen LogP) is 2.75. The summed E-state index contributed by atoms with van der Waals surface area (Å²) in [6.07, 6.45) is 2.28. The fourth-order valence-corrected chi connectivity index (χ4v) is 2.83. The van der Waals surface area contributed by atoms with Crippen LogP contribution in [0.15, 0.2) is 18.2 Å². The molecule has 0 spiro atoms. The van der Waals surface area contributed by atoms with Crippen LogP contribution in [0.2, 0.25) is 0 Å². The van der Waals surface area contributed by atoms with Crippen LogP contribution in [0.4, 0.5) is 11.4 Å². The van der Waals surface area contributed by atoms with E-state index in [2.05, 4.69) is 40.1 Å². The molecule has 5 nitrogen and oxygen atoms in total. The van der Waals surface area contributed by atoms with E-state index in [4.69, 9.17) is 0 Å². The minimum atomic E-state index is -0.364. The van der Waals surface area contributed by atoms with E-state index in [1.807, 2.05) is 0 Å². The summed E-state index contributed by atoms with van der Waals surface area (Å²) in [5.74, 6) is 0. The van der Waals surface area contributed by atoms with Crippen LogP contribution < -0.4 is 10.6 Å². The van der Waals surface area contributed by atoms with Gasteiger partial charge in [0.15, 0.2) is 0 Å². The fourth-order valence-electron chi connectivity index (χ4n) is 2.18. The SMILES string of the molecule is CC1NCCCC1Nc1ccc([N+](=O)[O-])cc1I. The van der Waals surface area contributed by atoms with Gasteiger partial charge in [-0.05, 0) is 55.0 Å². The summed E-state index contributed by atoms with van der Waals surface area (Å²) in [4.78, 5) is 10.3. The van der Waals surface area contributed by atoms with E-state index < -0.39 is 0 Å². The van der Waals surface area contributed by atoms with Crippen LogP contribution in [-0.4, -0.2) is 23.6 Å². The molecule has 2 N–H and O–H groups in total. The van der Waals surface area contributed by atoms with Crippen molar-refractivity contribution < 1.29 is 4.92 Å². The Balaban J connectivity index is 2.11. The third-order valence-electron chi connectivity index (χ3n) is 3.27. The number of nitrogens with zero attached hydrogens (tertiary/aromatic N) is 1. The second kappa shape index (κ2) is 5.83. The molecule has 0 radical (unpaired) electrons. The first-order valence-electron chi connectivity index (χ1n) is 6.02. The normalized spacial score (nSPS) is 23.7. The number of halogens is 1. The third kappa shape index (κ3) is 3.11. The Hall–Kier alpha value is -0.890. The monoisotopic (exact) mass is 361 g/mol. The number of nitro groups is 1. The lowest BCUT2D eigenvalue weighted by Crippen LogP contribution is -2.46. The molecule has 0 bridgehead atoms. The Labute approximate surface area is 120 Å². The topological polar surface area (TPSA) is 67.2 Å². The first-order chi connectivity index (χ1) is 8.58. The van der Waals surface area contributed by atoms with Crippen molar-refractivity contribution in [3.8, 4) is 0 Å². The number of non-ortho nitro benzene ring substituents is 1. The fraction of sp³-hybridized carbons (Fsp3) is 0.500. The van der Waals surface area contributed by atoms with Gasteiger partial charge in [0, 0.05) is 33.5 Å². The number of nitrogens with one attached hydrogen (secondary N) is 2. The Kier molecular flexibility index (Phi) is 4.39. The molecular formula is C12H16IN3O2. The molecule has 0 saturated carbocycles. The molecule has 1 aromatic carbocycles. The van der Waals surface area contributed by atoms with E-state index in [1.54, 1.807) is 18.2 Å². The van der Waals surface area contributed by atoms with Gasteiger partial charge in [0.1, 0.15) is 0 Å². The molecule has 0 aromatic heterocycles. The van der Waals surface area contributed by atoms with Crippen LogP contribution in [0.25, 0.3) is 0 Å². The van der Waals surface area contributed by atoms with Crippen LogP contribution in [0.3, 0.4) is 0 Å². The summed E-state index contributed by atoms with van der Waals surface area (Å²) in [5, 5.41) is 17.6. The molecule has 1 heterocycles. The smallest absolute Gasteiger partial charge is 0.270 e. The highest BCUT2D eigenvalue weighted by Crippen LogP contribution is 2.25. The van der Waals surface area contributed by atoms with E-state index in [1.165, 1.54) is 0 Å². The summed E-state index contributed by atoms with van der Waals surface area (Å²) in [6.45, 7) is 3.23. The van der Waals surface area contributed by atoms with Crippen molar-refractivity contribution in [1.82, 2.24) is 5.32 Å². The zero-order valence-corrected chi connectivity index (χ0v) is 12.3. The second-order valence-corrected chi connectivity index (χ2v) is 5.72. The molecule has 1 saturated heterocycles. The lowest BCUT2D eigenvalue weighted by molar-refractivity contribution is -0.384. The van der Waals surface area contributed by atoms with E-state index in [9.17, 15) is 10.1 Å². The van der Waals surface area contributed by atoms with Crippen LogP contribution >= 0.6 is 22.6 Å². The zero-order chi connectivity index (χ0) is 13.1. The van der Waals surface area contributed by atoms with Gasteiger partial charge in [0.25, 0.3) is 5.69 Å². The number of piperidine rings is 1. The van der Waals surface area contributed by atoms with E-state index in [0.29, 0.717) is 12.1 Å². The Morgan fingerprint density at radius 2 is 2.33 bits per heavy atom. The molecule has 2 unspecified atom stereocenters. The van der Waals surface area contributed by atoms with Crippen molar-refractivity contribution >= 4 is 34.0 Å². The largest absolute Gasteiger partial charge is 0.380 e. The maximum atomic E-state index is 10.7. The Morgan fingerprint density at radius 1 is 1.56 bits per heavy atom. The number of nitro benzene ring substituents is 1. The first kappa shape index (κ1) is 13.5. The van der Waals surface area contributed by atoms with Gasteiger partial charge in [-0.1, -0.05) is 0 Å². The standard InChI is InChI=1S/C12H16IN3O2/c1-8-11(3-2-6-14-8)15-12-5-4-9(16(17)18)7-10(12)13/h4-5,7-8,11,14-15H,2-3,6H2,1H3. The van der Waals surface area contributed by atoms with E-state index in [0.717, 1.165) is 28.6 Å². The van der Waals surface area contributed by atoms with Crippen LogP contribution in [-0.2, 0) is 0 Å². The minimum Gasteiger partial charge on any atom is -0.380 e. The van der Waals surface area contributed by atoms with Crippen LogP contribution in [0.5, 0.6) is 0 Å². The molecule has 0 amide bonds. The lowest BCUT2D eigenvalue weighted by Gasteiger charge is -2.31. The van der Waals surface area contributed by atoms with Gasteiger partial charge in [0.2, 0.25) is 0 Å². The number of hydrogen-bond donors (Lipinski definition) is 2. The maximum absolute atomic E-state index is 10.7. The predicted molar refractivity (Wildman–Crippen MR) is 79.9 cm³/mol. The van der Waals surface area contributed by atoms with Gasteiger partial charge in [-0.15, -0.1) is 0 Å². The average Bonchev–Trinajstić information content (AvgIpc) is 2.34. The molecule has 1 aromatic rings. The first-order valence-corrected chi connectivity index (χ1v) is 7.09. The summed E-state index contributed by atoms with van der Waals surface area (Å²) >= 11 is 2.14. The Morgan fingerprint density at radius 3 is 2.94 bits per heavy atom. The van der Waals surface area contributed by atoms with Crippen molar-refractivity contribution in [2.45, 2.75) is 31.8 Å².